The molecule has 0 amide bonds. The van der Waals surface area contributed by atoms with Crippen LogP contribution in [-0.2, 0) is 4.79 Å². The van der Waals surface area contributed by atoms with E-state index in [4.69, 9.17) is 18.6 Å². The standard InChI is InChI=1S/C26H20O8/c1-31-19-6-4-3-5-14(19)16-12-33-26-23-15(13-7-8-20(32-2)17(27)9-13)10-22(29)34-21(23)11-18(28)24(26)25(16)30/h3-9,11-12,15,27-28H,10H2,1-2H3. The van der Waals surface area contributed by atoms with Crippen LogP contribution in [0.2, 0.25) is 0 Å². The average molecular weight is 460 g/mol. The molecular formula is C26H20O8. The molecule has 8 heteroatoms. The normalized spacial score (nSPS) is 15.0. The van der Waals surface area contributed by atoms with E-state index in [0.717, 1.165) is 0 Å². The Labute approximate surface area is 193 Å². The van der Waals surface area contributed by atoms with Crippen molar-refractivity contribution in [1.82, 2.24) is 0 Å². The van der Waals surface area contributed by atoms with Crippen molar-refractivity contribution in [3.63, 3.8) is 0 Å². The summed E-state index contributed by atoms with van der Waals surface area (Å²) >= 11 is 0. The lowest BCUT2D eigenvalue weighted by molar-refractivity contribution is -0.135. The number of aromatic hydroxyl groups is 2. The molecule has 1 atom stereocenters. The number of methoxy groups -OCH3 is 2. The van der Waals surface area contributed by atoms with Gasteiger partial charge in [-0.25, -0.2) is 0 Å². The molecule has 0 spiro atoms. The van der Waals surface area contributed by atoms with Gasteiger partial charge in [-0.05, 0) is 23.8 Å². The van der Waals surface area contributed by atoms with Crippen molar-refractivity contribution in [2.75, 3.05) is 14.2 Å². The smallest absolute Gasteiger partial charge is 0.312 e. The lowest BCUT2D eigenvalue weighted by Crippen LogP contribution is -2.22. The first-order valence-electron chi connectivity index (χ1n) is 10.4. The number of benzene rings is 3. The lowest BCUT2D eigenvalue weighted by Gasteiger charge is -2.26. The Hall–Kier alpha value is -4.46. The van der Waals surface area contributed by atoms with Gasteiger partial charge in [-0.3, -0.25) is 9.59 Å². The van der Waals surface area contributed by atoms with Gasteiger partial charge in [0.15, 0.2) is 11.5 Å². The average Bonchev–Trinajstić information content (AvgIpc) is 2.83. The number of para-hydroxylation sites is 1. The van der Waals surface area contributed by atoms with Gasteiger partial charge in [0, 0.05) is 23.1 Å². The van der Waals surface area contributed by atoms with Crippen molar-refractivity contribution in [3.05, 3.63) is 76.1 Å². The second-order valence-corrected chi connectivity index (χ2v) is 7.85. The number of rotatable bonds is 4. The summed E-state index contributed by atoms with van der Waals surface area (Å²) in [6, 6.07) is 13.0. The van der Waals surface area contributed by atoms with Gasteiger partial charge < -0.3 is 28.8 Å². The summed E-state index contributed by atoms with van der Waals surface area (Å²) < 4.78 is 21.8. The number of phenols is 2. The molecule has 5 rings (SSSR count). The molecule has 0 bridgehead atoms. The highest BCUT2D eigenvalue weighted by Gasteiger charge is 2.34. The summed E-state index contributed by atoms with van der Waals surface area (Å²) in [4.78, 5) is 25.9. The van der Waals surface area contributed by atoms with Crippen molar-refractivity contribution in [2.24, 2.45) is 0 Å². The highest BCUT2D eigenvalue weighted by atomic mass is 16.5. The molecule has 0 fully saturated rings. The van der Waals surface area contributed by atoms with E-state index in [1.54, 1.807) is 36.4 Å². The second kappa shape index (κ2) is 8.15. The minimum atomic E-state index is -0.587. The predicted octanol–water partition coefficient (Wildman–Crippen LogP) is 4.33. The summed E-state index contributed by atoms with van der Waals surface area (Å²) in [5.74, 6) is -0.711. The highest BCUT2D eigenvalue weighted by Crippen LogP contribution is 2.46. The van der Waals surface area contributed by atoms with Crippen LogP contribution < -0.4 is 19.6 Å². The zero-order valence-electron chi connectivity index (χ0n) is 18.3. The van der Waals surface area contributed by atoms with Gasteiger partial charge in [0.05, 0.1) is 26.2 Å². The molecule has 1 aromatic heterocycles. The number of carbonyl (C=O) groups excluding carboxylic acids is 1. The first-order valence-corrected chi connectivity index (χ1v) is 10.4. The fraction of sp³-hybridized carbons (Fsp3) is 0.154. The number of carbonyl (C=O) groups is 1. The summed E-state index contributed by atoms with van der Waals surface area (Å²) in [5.41, 5.74) is 1.40. The number of fused-ring (bicyclic) bond motifs is 3. The first-order chi connectivity index (χ1) is 16.4. The Balaban J connectivity index is 1.77. The predicted molar refractivity (Wildman–Crippen MR) is 123 cm³/mol. The molecule has 1 aliphatic rings. The number of ether oxygens (including phenoxy) is 3. The zero-order chi connectivity index (χ0) is 24.0. The SMILES string of the molecule is COc1ccc(C2CC(=O)Oc3cc(O)c4c(=O)c(-c5ccccc5OC)coc4c32)cc1O. The molecule has 0 radical (unpaired) electrons. The zero-order valence-corrected chi connectivity index (χ0v) is 18.3. The van der Waals surface area contributed by atoms with Crippen molar-refractivity contribution >= 4 is 16.9 Å². The van der Waals surface area contributed by atoms with Crippen molar-refractivity contribution in [3.8, 4) is 39.9 Å². The minimum absolute atomic E-state index is 0.0390. The molecule has 0 saturated heterocycles. The van der Waals surface area contributed by atoms with E-state index in [-0.39, 0.29) is 46.0 Å². The van der Waals surface area contributed by atoms with Gasteiger partial charge in [-0.15, -0.1) is 0 Å². The number of esters is 1. The fourth-order valence-corrected chi connectivity index (χ4v) is 4.39. The Morgan fingerprint density at radius 2 is 1.68 bits per heavy atom. The maximum Gasteiger partial charge on any atom is 0.312 e. The molecule has 1 unspecified atom stereocenters. The third-order valence-corrected chi connectivity index (χ3v) is 5.97. The van der Waals surface area contributed by atoms with Crippen LogP contribution in [0.4, 0.5) is 0 Å². The molecule has 2 N–H and O–H groups in total. The van der Waals surface area contributed by atoms with Crippen LogP contribution >= 0.6 is 0 Å². The van der Waals surface area contributed by atoms with Crippen LogP contribution in [0.15, 0.2) is 64.0 Å². The molecular weight excluding hydrogens is 440 g/mol. The van der Waals surface area contributed by atoms with Gasteiger partial charge in [0.1, 0.15) is 34.5 Å². The van der Waals surface area contributed by atoms with E-state index >= 15 is 0 Å². The van der Waals surface area contributed by atoms with Crippen molar-refractivity contribution < 1.29 is 33.6 Å². The molecule has 1 aliphatic heterocycles. The molecule has 4 aromatic rings. The third-order valence-electron chi connectivity index (χ3n) is 5.97. The second-order valence-electron chi connectivity index (χ2n) is 7.85. The maximum absolute atomic E-state index is 13.5. The van der Waals surface area contributed by atoms with Crippen LogP contribution in [0.25, 0.3) is 22.1 Å². The largest absolute Gasteiger partial charge is 0.507 e. The third kappa shape index (κ3) is 3.31. The monoisotopic (exact) mass is 460 g/mol. The molecule has 2 heterocycles. The molecule has 34 heavy (non-hydrogen) atoms. The minimum Gasteiger partial charge on any atom is -0.507 e. The number of hydrogen-bond donors (Lipinski definition) is 2. The quantitative estimate of drug-likeness (QED) is 0.342. The van der Waals surface area contributed by atoms with Crippen LogP contribution in [0.5, 0.6) is 28.7 Å². The Kier molecular flexibility index (Phi) is 5.13. The fourth-order valence-electron chi connectivity index (χ4n) is 4.39. The van der Waals surface area contributed by atoms with E-state index in [0.29, 0.717) is 22.4 Å². The topological polar surface area (TPSA) is 115 Å². The summed E-state index contributed by atoms with van der Waals surface area (Å²) in [6.45, 7) is 0. The Bertz CT molecular complexity index is 1500. The van der Waals surface area contributed by atoms with Gasteiger partial charge in [0.25, 0.3) is 0 Å². The van der Waals surface area contributed by atoms with Crippen LogP contribution in [0.1, 0.15) is 23.5 Å². The molecule has 0 saturated carbocycles. The summed E-state index contributed by atoms with van der Waals surface area (Å²) in [7, 11) is 2.94. The highest BCUT2D eigenvalue weighted by molar-refractivity contribution is 5.94. The number of hydrogen-bond acceptors (Lipinski definition) is 8. The number of phenolic OH excluding ortho intramolecular Hbond substituents is 2. The Morgan fingerprint density at radius 3 is 2.41 bits per heavy atom. The van der Waals surface area contributed by atoms with E-state index in [1.165, 1.54) is 32.6 Å². The molecule has 3 aromatic carbocycles. The van der Waals surface area contributed by atoms with Gasteiger partial charge in [-0.1, -0.05) is 24.3 Å². The van der Waals surface area contributed by atoms with Gasteiger partial charge in [-0.2, -0.15) is 0 Å². The van der Waals surface area contributed by atoms with Gasteiger partial charge in [0.2, 0.25) is 5.43 Å². The van der Waals surface area contributed by atoms with E-state index < -0.39 is 17.3 Å². The van der Waals surface area contributed by atoms with Crippen molar-refractivity contribution in [2.45, 2.75) is 12.3 Å². The van der Waals surface area contributed by atoms with E-state index in [2.05, 4.69) is 0 Å². The van der Waals surface area contributed by atoms with Crippen LogP contribution in [0, 0.1) is 0 Å². The lowest BCUT2D eigenvalue weighted by atomic mass is 9.84. The maximum atomic E-state index is 13.5. The van der Waals surface area contributed by atoms with E-state index in [9.17, 15) is 19.8 Å². The first kappa shape index (κ1) is 21.4. The van der Waals surface area contributed by atoms with Crippen LogP contribution in [-0.4, -0.2) is 30.4 Å². The molecule has 0 aliphatic carbocycles. The van der Waals surface area contributed by atoms with Crippen LogP contribution in [0.3, 0.4) is 0 Å². The molecule has 8 nitrogen and oxygen atoms in total. The van der Waals surface area contributed by atoms with E-state index in [1.807, 2.05) is 0 Å². The summed E-state index contributed by atoms with van der Waals surface area (Å²) in [6.07, 6.45) is 1.26. The Morgan fingerprint density at radius 1 is 0.912 bits per heavy atom. The summed E-state index contributed by atoms with van der Waals surface area (Å²) in [5, 5.41) is 21.0. The van der Waals surface area contributed by atoms with Crippen molar-refractivity contribution in [1.29, 1.82) is 0 Å². The van der Waals surface area contributed by atoms with Gasteiger partial charge >= 0.3 is 5.97 Å². The molecule has 172 valence electrons.